The predicted octanol–water partition coefficient (Wildman–Crippen LogP) is 3.69. The summed E-state index contributed by atoms with van der Waals surface area (Å²) in [4.78, 5) is 30.2. The van der Waals surface area contributed by atoms with E-state index in [0.29, 0.717) is 22.0 Å². The van der Waals surface area contributed by atoms with Gasteiger partial charge >= 0.3 is 0 Å². The molecule has 2 aromatic carbocycles. The molecule has 0 N–H and O–H groups in total. The second-order valence-corrected chi connectivity index (χ2v) is 5.36. The Morgan fingerprint density at radius 3 is 2.27 bits per heavy atom. The van der Waals surface area contributed by atoms with Gasteiger partial charge in [0, 0.05) is 11.6 Å². The van der Waals surface area contributed by atoms with Gasteiger partial charge in [0.15, 0.2) is 0 Å². The zero-order valence-electron chi connectivity index (χ0n) is 11.3. The number of anilines is 1. The lowest BCUT2D eigenvalue weighted by Gasteiger charge is -2.14. The van der Waals surface area contributed by atoms with Crippen LogP contribution >= 0.6 is 11.6 Å². The van der Waals surface area contributed by atoms with Crippen molar-refractivity contribution in [3.8, 4) is 0 Å². The van der Waals surface area contributed by atoms with Gasteiger partial charge < -0.3 is 0 Å². The molecule has 4 rings (SSSR count). The maximum absolute atomic E-state index is 12.5. The van der Waals surface area contributed by atoms with Gasteiger partial charge in [-0.25, -0.2) is 9.88 Å². The van der Waals surface area contributed by atoms with Crippen LogP contribution in [0, 0.1) is 0 Å². The van der Waals surface area contributed by atoms with Gasteiger partial charge in [0.1, 0.15) is 5.15 Å². The second kappa shape index (κ2) is 4.64. The Labute approximate surface area is 131 Å². The monoisotopic (exact) mass is 308 g/mol. The summed E-state index contributed by atoms with van der Waals surface area (Å²) >= 11 is 6.04. The number of fused-ring (bicyclic) bond motifs is 2. The summed E-state index contributed by atoms with van der Waals surface area (Å²) in [5, 5.41) is 2.00. The van der Waals surface area contributed by atoms with Crippen molar-refractivity contribution in [3.05, 3.63) is 71.0 Å². The minimum absolute atomic E-state index is 0.305. The van der Waals surface area contributed by atoms with E-state index in [1.807, 2.05) is 0 Å². The number of rotatable bonds is 1. The van der Waals surface area contributed by atoms with Crippen LogP contribution in [0.4, 0.5) is 5.69 Å². The number of carbonyl (C=O) groups excluding carboxylic acids is 2. The number of amides is 2. The van der Waals surface area contributed by atoms with Crippen LogP contribution in [0.15, 0.2) is 54.7 Å². The SMILES string of the molecule is O=C1c2ccccc2C(=O)N1c1ccc2c(Cl)nccc2c1. The number of hydrogen-bond donors (Lipinski definition) is 0. The topological polar surface area (TPSA) is 50.3 Å². The Morgan fingerprint density at radius 2 is 1.59 bits per heavy atom. The fraction of sp³-hybridized carbons (Fsp3) is 0. The fourth-order valence-electron chi connectivity index (χ4n) is 2.69. The van der Waals surface area contributed by atoms with Gasteiger partial charge in [0.25, 0.3) is 11.8 Å². The van der Waals surface area contributed by atoms with Crippen LogP contribution in [0.2, 0.25) is 5.15 Å². The lowest BCUT2D eigenvalue weighted by molar-refractivity contribution is 0.0926. The standard InChI is InChI=1S/C17H9ClN2O2/c18-15-12-6-5-11(9-10(12)7-8-19-15)20-16(21)13-3-1-2-4-14(13)17(20)22/h1-9H. The summed E-state index contributed by atoms with van der Waals surface area (Å²) in [5.41, 5.74) is 1.39. The summed E-state index contributed by atoms with van der Waals surface area (Å²) in [7, 11) is 0. The van der Waals surface area contributed by atoms with E-state index in [1.54, 1.807) is 54.7 Å². The summed E-state index contributed by atoms with van der Waals surface area (Å²) in [6, 6.07) is 13.9. The number of imide groups is 1. The van der Waals surface area contributed by atoms with Crippen molar-refractivity contribution in [2.24, 2.45) is 0 Å². The Morgan fingerprint density at radius 1 is 0.909 bits per heavy atom. The van der Waals surface area contributed by atoms with Gasteiger partial charge in [0.2, 0.25) is 0 Å². The Balaban J connectivity index is 1.87. The minimum atomic E-state index is -0.305. The molecule has 2 heterocycles. The number of benzene rings is 2. The lowest BCUT2D eigenvalue weighted by atomic mass is 10.1. The van der Waals surface area contributed by atoms with E-state index < -0.39 is 0 Å². The first-order chi connectivity index (χ1) is 10.7. The number of pyridine rings is 1. The van der Waals surface area contributed by atoms with Crippen molar-refractivity contribution >= 4 is 39.9 Å². The molecule has 3 aromatic rings. The molecule has 1 aromatic heterocycles. The molecule has 0 radical (unpaired) electrons. The van der Waals surface area contributed by atoms with Crippen LogP contribution in [0.1, 0.15) is 20.7 Å². The van der Waals surface area contributed by atoms with Crippen LogP contribution < -0.4 is 4.90 Å². The zero-order valence-corrected chi connectivity index (χ0v) is 12.0. The number of hydrogen-bond acceptors (Lipinski definition) is 3. The number of aromatic nitrogens is 1. The number of carbonyl (C=O) groups is 2. The van der Waals surface area contributed by atoms with Crippen LogP contribution in [0.5, 0.6) is 0 Å². The average Bonchev–Trinajstić information content (AvgIpc) is 2.79. The lowest BCUT2D eigenvalue weighted by Crippen LogP contribution is -2.29. The maximum atomic E-state index is 12.5. The third-order valence-corrected chi connectivity index (χ3v) is 4.05. The van der Waals surface area contributed by atoms with Crippen LogP contribution in [-0.2, 0) is 0 Å². The smallest absolute Gasteiger partial charge is 0.266 e. The van der Waals surface area contributed by atoms with Gasteiger partial charge in [-0.2, -0.15) is 0 Å². The molecule has 106 valence electrons. The Kier molecular flexibility index (Phi) is 2.74. The van der Waals surface area contributed by atoms with Gasteiger partial charge in [0.05, 0.1) is 16.8 Å². The van der Waals surface area contributed by atoms with Crippen molar-refractivity contribution in [1.29, 1.82) is 0 Å². The Hall–Kier alpha value is -2.72. The van der Waals surface area contributed by atoms with Gasteiger partial charge in [-0.3, -0.25) is 9.59 Å². The van der Waals surface area contributed by atoms with Crippen LogP contribution in [0.3, 0.4) is 0 Å². The molecule has 0 unspecified atom stereocenters. The Bertz CT molecular complexity index is 917. The average molecular weight is 309 g/mol. The molecule has 5 heteroatoms. The van der Waals surface area contributed by atoms with Crippen molar-refractivity contribution in [1.82, 2.24) is 4.98 Å². The molecule has 1 aliphatic rings. The molecule has 4 nitrogen and oxygen atoms in total. The molecule has 0 saturated carbocycles. The van der Waals surface area contributed by atoms with Crippen molar-refractivity contribution in [2.75, 3.05) is 4.90 Å². The highest BCUT2D eigenvalue weighted by molar-refractivity contribution is 6.36. The molecule has 22 heavy (non-hydrogen) atoms. The minimum Gasteiger partial charge on any atom is -0.268 e. The third kappa shape index (κ3) is 1.74. The molecule has 0 aliphatic carbocycles. The quantitative estimate of drug-likeness (QED) is 0.509. The van der Waals surface area contributed by atoms with E-state index in [9.17, 15) is 9.59 Å². The van der Waals surface area contributed by atoms with Crippen molar-refractivity contribution in [3.63, 3.8) is 0 Å². The summed E-state index contributed by atoms with van der Waals surface area (Å²) in [5.74, 6) is -0.611. The molecule has 2 amide bonds. The first-order valence-corrected chi connectivity index (χ1v) is 7.07. The van der Waals surface area contributed by atoms with Gasteiger partial charge in [-0.1, -0.05) is 23.7 Å². The molecule has 0 atom stereocenters. The molecular formula is C17H9ClN2O2. The van der Waals surface area contributed by atoms with E-state index in [1.165, 1.54) is 4.90 Å². The first kappa shape index (κ1) is 13.0. The normalized spacial score (nSPS) is 13.8. The first-order valence-electron chi connectivity index (χ1n) is 6.69. The molecule has 0 bridgehead atoms. The van der Waals surface area contributed by atoms with E-state index in [0.717, 1.165) is 10.8 Å². The summed E-state index contributed by atoms with van der Waals surface area (Å²) in [6.45, 7) is 0. The van der Waals surface area contributed by atoms with E-state index >= 15 is 0 Å². The van der Waals surface area contributed by atoms with E-state index in [4.69, 9.17) is 11.6 Å². The molecule has 0 spiro atoms. The largest absolute Gasteiger partial charge is 0.268 e. The summed E-state index contributed by atoms with van der Waals surface area (Å²) in [6.07, 6.45) is 1.59. The molecular weight excluding hydrogens is 300 g/mol. The highest BCUT2D eigenvalue weighted by Gasteiger charge is 2.36. The van der Waals surface area contributed by atoms with E-state index in [2.05, 4.69) is 4.98 Å². The van der Waals surface area contributed by atoms with Crippen LogP contribution in [-0.4, -0.2) is 16.8 Å². The number of halogens is 1. The van der Waals surface area contributed by atoms with Crippen LogP contribution in [0.25, 0.3) is 10.8 Å². The second-order valence-electron chi connectivity index (χ2n) is 5.00. The zero-order chi connectivity index (χ0) is 15.3. The third-order valence-electron chi connectivity index (χ3n) is 3.75. The molecule has 0 fully saturated rings. The number of nitrogens with zero attached hydrogens (tertiary/aromatic N) is 2. The van der Waals surface area contributed by atoms with E-state index in [-0.39, 0.29) is 11.8 Å². The maximum Gasteiger partial charge on any atom is 0.266 e. The van der Waals surface area contributed by atoms with Gasteiger partial charge in [-0.15, -0.1) is 0 Å². The fourth-order valence-corrected chi connectivity index (χ4v) is 2.92. The highest BCUT2D eigenvalue weighted by Crippen LogP contribution is 2.31. The molecule has 1 aliphatic heterocycles. The van der Waals surface area contributed by atoms with Crippen molar-refractivity contribution < 1.29 is 9.59 Å². The predicted molar refractivity (Wildman–Crippen MR) is 84.3 cm³/mol. The van der Waals surface area contributed by atoms with Gasteiger partial charge in [-0.05, 0) is 41.8 Å². The summed E-state index contributed by atoms with van der Waals surface area (Å²) < 4.78 is 0. The van der Waals surface area contributed by atoms with Crippen molar-refractivity contribution in [2.45, 2.75) is 0 Å². The molecule has 0 saturated heterocycles. The highest BCUT2D eigenvalue weighted by atomic mass is 35.5.